The number of hydrogen-bond acceptors (Lipinski definition) is 6. The molecule has 2 aromatic heterocycles. The maximum atomic E-state index is 13.3. The quantitative estimate of drug-likeness (QED) is 0.422. The van der Waals surface area contributed by atoms with E-state index in [2.05, 4.69) is 71.1 Å². The first-order valence-corrected chi connectivity index (χ1v) is 13.0. The summed E-state index contributed by atoms with van der Waals surface area (Å²) in [5.41, 5.74) is 7.57. The molecule has 1 atom stereocenters. The van der Waals surface area contributed by atoms with Gasteiger partial charge in [0.2, 0.25) is 0 Å². The van der Waals surface area contributed by atoms with Gasteiger partial charge in [-0.3, -0.25) is 9.78 Å². The maximum Gasteiger partial charge on any atom is 0.253 e. The molecule has 37 heavy (non-hydrogen) atoms. The molecule has 1 saturated heterocycles. The van der Waals surface area contributed by atoms with Gasteiger partial charge in [0.05, 0.1) is 5.52 Å². The predicted octanol–water partition coefficient (Wildman–Crippen LogP) is 4.34. The molecule has 0 saturated carbocycles. The molecular formula is C30H32N6O. The zero-order valence-corrected chi connectivity index (χ0v) is 21.7. The Kier molecular flexibility index (Phi) is 6.08. The number of fused-ring (bicyclic) bond motifs is 2. The van der Waals surface area contributed by atoms with E-state index in [1.54, 1.807) is 12.5 Å². The number of nitrogens with zero attached hydrogens (tertiary/aromatic N) is 6. The summed E-state index contributed by atoms with van der Waals surface area (Å²) >= 11 is 0. The van der Waals surface area contributed by atoms with Crippen LogP contribution < -0.4 is 4.90 Å². The van der Waals surface area contributed by atoms with Gasteiger partial charge in [-0.2, -0.15) is 0 Å². The molecule has 2 aliphatic rings. The number of aryl methyl sites for hydroxylation is 1. The average Bonchev–Trinajstić information content (AvgIpc) is 3.43. The number of pyridine rings is 1. The maximum absolute atomic E-state index is 13.3. The van der Waals surface area contributed by atoms with Crippen molar-refractivity contribution in [3.8, 4) is 11.1 Å². The summed E-state index contributed by atoms with van der Waals surface area (Å²) in [5.74, 6) is 1.07. The number of likely N-dealkylation sites (N-methyl/N-ethyl adjacent to an activating group) is 1. The summed E-state index contributed by atoms with van der Waals surface area (Å²) in [6.45, 7) is 5.30. The number of hydrogen-bond donors (Lipinski definition) is 0. The van der Waals surface area contributed by atoms with E-state index in [1.165, 1.54) is 11.1 Å². The van der Waals surface area contributed by atoms with Crippen molar-refractivity contribution >= 4 is 22.6 Å². The molecule has 1 fully saturated rings. The molecular weight excluding hydrogens is 460 g/mol. The number of anilines is 1. The van der Waals surface area contributed by atoms with Crippen molar-refractivity contribution in [3.05, 3.63) is 83.4 Å². The van der Waals surface area contributed by atoms with Gasteiger partial charge in [0.1, 0.15) is 12.1 Å². The van der Waals surface area contributed by atoms with Crippen LogP contribution in [0.3, 0.4) is 0 Å². The molecule has 2 aromatic carbocycles. The van der Waals surface area contributed by atoms with Crippen LogP contribution in [0.2, 0.25) is 0 Å². The first kappa shape index (κ1) is 23.6. The lowest BCUT2D eigenvalue weighted by atomic mass is 9.96. The molecule has 0 aliphatic carbocycles. The smallest absolute Gasteiger partial charge is 0.253 e. The number of likely N-dealkylation sites (tertiary alicyclic amines) is 1. The fourth-order valence-corrected chi connectivity index (χ4v) is 5.69. The van der Waals surface area contributed by atoms with E-state index in [1.807, 2.05) is 23.2 Å². The molecule has 4 aromatic rings. The van der Waals surface area contributed by atoms with Crippen LogP contribution in [-0.2, 0) is 13.0 Å². The highest BCUT2D eigenvalue weighted by Crippen LogP contribution is 2.33. The third-order valence-electron chi connectivity index (χ3n) is 7.85. The van der Waals surface area contributed by atoms with E-state index >= 15 is 0 Å². The van der Waals surface area contributed by atoms with Gasteiger partial charge in [-0.15, -0.1) is 0 Å². The summed E-state index contributed by atoms with van der Waals surface area (Å²) < 4.78 is 0. The second-order valence-electron chi connectivity index (χ2n) is 10.4. The van der Waals surface area contributed by atoms with Gasteiger partial charge in [-0.25, -0.2) is 9.97 Å². The second-order valence-corrected chi connectivity index (χ2v) is 10.4. The molecule has 0 bridgehead atoms. The topological polar surface area (TPSA) is 65.5 Å². The fraction of sp³-hybridized carbons (Fsp3) is 0.333. The molecule has 7 nitrogen and oxygen atoms in total. The minimum absolute atomic E-state index is 0.133. The summed E-state index contributed by atoms with van der Waals surface area (Å²) in [6.07, 6.45) is 7.29. The molecule has 6 rings (SSSR count). The standard InChI is InChI=1S/C30H32N6O/c1-20-13-24(23-5-4-10-31-16-23)15-27-28(20)32-19-33-29(27)35-11-8-21-6-7-22(14-25(21)17-35)30(37)36-12-9-26(18-36)34(2)3/h4-7,10,13-16,19,26H,8-9,11-12,17-18H2,1-3H3. The van der Waals surface area contributed by atoms with E-state index < -0.39 is 0 Å². The van der Waals surface area contributed by atoms with Crippen LogP contribution in [0, 0.1) is 6.92 Å². The Morgan fingerprint density at radius 2 is 1.92 bits per heavy atom. The number of rotatable bonds is 4. The van der Waals surface area contributed by atoms with Crippen molar-refractivity contribution in [2.75, 3.05) is 38.6 Å². The van der Waals surface area contributed by atoms with Crippen LogP contribution in [0.4, 0.5) is 5.82 Å². The van der Waals surface area contributed by atoms with E-state index in [0.717, 1.165) is 78.0 Å². The van der Waals surface area contributed by atoms with Crippen LogP contribution in [0.5, 0.6) is 0 Å². The lowest BCUT2D eigenvalue weighted by Crippen LogP contribution is -2.35. The van der Waals surface area contributed by atoms with E-state index in [-0.39, 0.29) is 5.91 Å². The Morgan fingerprint density at radius 1 is 1.03 bits per heavy atom. The second kappa shape index (κ2) is 9.56. The summed E-state index contributed by atoms with van der Waals surface area (Å²) in [6, 6.07) is 15.1. The Morgan fingerprint density at radius 3 is 2.70 bits per heavy atom. The zero-order valence-electron chi connectivity index (χ0n) is 21.7. The molecule has 0 radical (unpaired) electrons. The van der Waals surface area contributed by atoms with E-state index in [9.17, 15) is 4.79 Å². The average molecular weight is 493 g/mol. The van der Waals surface area contributed by atoms with Crippen LogP contribution >= 0.6 is 0 Å². The van der Waals surface area contributed by atoms with Gasteiger partial charge in [0.25, 0.3) is 5.91 Å². The van der Waals surface area contributed by atoms with Crippen molar-refractivity contribution in [1.82, 2.24) is 24.8 Å². The van der Waals surface area contributed by atoms with Gasteiger partial charge < -0.3 is 14.7 Å². The fourth-order valence-electron chi connectivity index (χ4n) is 5.69. The van der Waals surface area contributed by atoms with Crippen molar-refractivity contribution in [1.29, 1.82) is 0 Å². The lowest BCUT2D eigenvalue weighted by molar-refractivity contribution is 0.0783. The monoisotopic (exact) mass is 492 g/mol. The first-order chi connectivity index (χ1) is 18.0. The number of amides is 1. The molecule has 2 aliphatic heterocycles. The minimum Gasteiger partial charge on any atom is -0.351 e. The van der Waals surface area contributed by atoms with Crippen molar-refractivity contribution in [2.45, 2.75) is 32.4 Å². The lowest BCUT2D eigenvalue weighted by Gasteiger charge is -2.31. The summed E-state index contributed by atoms with van der Waals surface area (Å²) in [5, 5.41) is 1.05. The molecule has 1 unspecified atom stereocenters. The van der Waals surface area contributed by atoms with Gasteiger partial charge in [0, 0.05) is 61.1 Å². The molecule has 0 N–H and O–H groups in total. The highest BCUT2D eigenvalue weighted by atomic mass is 16.2. The molecule has 188 valence electrons. The van der Waals surface area contributed by atoms with E-state index in [4.69, 9.17) is 4.98 Å². The third-order valence-corrected chi connectivity index (χ3v) is 7.85. The summed E-state index contributed by atoms with van der Waals surface area (Å²) in [4.78, 5) is 33.5. The highest BCUT2D eigenvalue weighted by Gasteiger charge is 2.29. The van der Waals surface area contributed by atoms with Crippen LogP contribution in [-0.4, -0.2) is 70.4 Å². The Bertz CT molecular complexity index is 1470. The minimum atomic E-state index is 0.133. The van der Waals surface area contributed by atoms with Crippen molar-refractivity contribution in [2.24, 2.45) is 0 Å². The molecule has 4 heterocycles. The normalized spacial score (nSPS) is 17.5. The third kappa shape index (κ3) is 4.44. The van der Waals surface area contributed by atoms with Crippen molar-refractivity contribution < 1.29 is 4.79 Å². The van der Waals surface area contributed by atoms with Crippen LogP contribution in [0.15, 0.2) is 61.2 Å². The Hall–Kier alpha value is -3.84. The Labute approximate surface area is 217 Å². The predicted molar refractivity (Wildman–Crippen MR) is 147 cm³/mol. The summed E-state index contributed by atoms with van der Waals surface area (Å²) in [7, 11) is 4.17. The van der Waals surface area contributed by atoms with E-state index in [0.29, 0.717) is 6.04 Å². The molecule has 1 amide bonds. The number of carbonyl (C=O) groups is 1. The van der Waals surface area contributed by atoms with Gasteiger partial charge in [0.15, 0.2) is 0 Å². The Balaban J connectivity index is 1.31. The van der Waals surface area contributed by atoms with Crippen LogP contribution in [0.25, 0.3) is 22.0 Å². The number of carbonyl (C=O) groups excluding carboxylic acids is 1. The largest absolute Gasteiger partial charge is 0.351 e. The van der Waals surface area contributed by atoms with Crippen LogP contribution in [0.1, 0.15) is 33.5 Å². The molecule has 0 spiro atoms. The molecule has 7 heteroatoms. The highest BCUT2D eigenvalue weighted by molar-refractivity contribution is 5.96. The van der Waals surface area contributed by atoms with Gasteiger partial charge >= 0.3 is 0 Å². The van der Waals surface area contributed by atoms with Gasteiger partial charge in [-0.05, 0) is 86.4 Å². The zero-order chi connectivity index (χ0) is 25.5. The number of aromatic nitrogens is 3. The van der Waals surface area contributed by atoms with Crippen molar-refractivity contribution in [3.63, 3.8) is 0 Å². The van der Waals surface area contributed by atoms with Gasteiger partial charge in [-0.1, -0.05) is 12.1 Å². The number of benzene rings is 2. The first-order valence-electron chi connectivity index (χ1n) is 13.0. The SMILES string of the molecule is Cc1cc(-c2cccnc2)cc2c(N3CCc4ccc(C(=O)N5CCC(N(C)C)C5)cc4C3)ncnc12.